The van der Waals surface area contributed by atoms with Crippen LogP contribution in [0.1, 0.15) is 63.0 Å². The van der Waals surface area contributed by atoms with E-state index in [1.807, 2.05) is 31.2 Å². The first-order valence-corrected chi connectivity index (χ1v) is 11.5. The molecule has 0 radical (unpaired) electrons. The minimum absolute atomic E-state index is 0.0305. The van der Waals surface area contributed by atoms with Crippen LogP contribution in [-0.4, -0.2) is 41.8 Å². The van der Waals surface area contributed by atoms with Crippen LogP contribution < -0.4 is 10.6 Å². The lowest BCUT2D eigenvalue weighted by Gasteiger charge is -2.19. The minimum atomic E-state index is -0.943. The predicted molar refractivity (Wildman–Crippen MR) is 126 cm³/mol. The summed E-state index contributed by atoms with van der Waals surface area (Å²) in [5, 5.41) is 14.5. The molecule has 0 saturated heterocycles. The largest absolute Gasteiger partial charge is 0.481 e. The van der Waals surface area contributed by atoms with Crippen LogP contribution in [-0.2, 0) is 14.3 Å². The van der Waals surface area contributed by atoms with Crippen LogP contribution in [0.5, 0.6) is 0 Å². The zero-order valence-corrected chi connectivity index (χ0v) is 19.2. The number of fused-ring (bicyclic) bond motifs is 3. The van der Waals surface area contributed by atoms with E-state index in [1.165, 1.54) is 0 Å². The van der Waals surface area contributed by atoms with Gasteiger partial charge in [0.1, 0.15) is 6.61 Å². The highest BCUT2D eigenvalue weighted by Gasteiger charge is 2.29. The number of carboxylic acids is 1. The van der Waals surface area contributed by atoms with Crippen molar-refractivity contribution in [3.05, 3.63) is 59.7 Å². The molecule has 0 spiro atoms. The molecule has 0 heterocycles. The zero-order valence-electron chi connectivity index (χ0n) is 19.2. The highest BCUT2D eigenvalue weighted by molar-refractivity contribution is 5.80. The Morgan fingerprint density at radius 1 is 0.970 bits per heavy atom. The van der Waals surface area contributed by atoms with Crippen LogP contribution >= 0.6 is 0 Å². The van der Waals surface area contributed by atoms with Gasteiger partial charge in [-0.1, -0.05) is 68.3 Å². The SMILES string of the molecule is CCCCC(CC(=O)O)NC(=O)C[C@@H](C)NC(=O)OCC1c2ccccc2-c2ccccc21. The number of hydrogen-bond acceptors (Lipinski definition) is 4. The lowest BCUT2D eigenvalue weighted by atomic mass is 9.98. The molecule has 2 aromatic rings. The Morgan fingerprint density at radius 3 is 2.15 bits per heavy atom. The van der Waals surface area contributed by atoms with Crippen molar-refractivity contribution in [3.63, 3.8) is 0 Å². The molecule has 3 N–H and O–H groups in total. The number of alkyl carbamates (subject to hydrolysis) is 1. The molecule has 0 aliphatic heterocycles. The van der Waals surface area contributed by atoms with Gasteiger partial charge >= 0.3 is 12.1 Å². The van der Waals surface area contributed by atoms with E-state index in [-0.39, 0.29) is 31.3 Å². The summed E-state index contributed by atoms with van der Waals surface area (Å²) in [5.74, 6) is -1.26. The van der Waals surface area contributed by atoms with Gasteiger partial charge in [-0.15, -0.1) is 0 Å². The summed E-state index contributed by atoms with van der Waals surface area (Å²) in [6.45, 7) is 3.94. The number of ether oxygens (including phenoxy) is 1. The number of hydrogen-bond donors (Lipinski definition) is 3. The molecule has 1 unspecified atom stereocenters. The summed E-state index contributed by atoms with van der Waals surface area (Å²) in [7, 11) is 0. The number of aliphatic carboxylic acids is 1. The second-order valence-electron chi connectivity index (χ2n) is 8.58. The molecule has 33 heavy (non-hydrogen) atoms. The number of amides is 2. The van der Waals surface area contributed by atoms with Crippen molar-refractivity contribution >= 4 is 18.0 Å². The van der Waals surface area contributed by atoms with Gasteiger partial charge in [0.2, 0.25) is 5.91 Å². The molecule has 2 atom stereocenters. The fraction of sp³-hybridized carbons (Fsp3) is 0.423. The van der Waals surface area contributed by atoms with Crippen LogP contribution in [0, 0.1) is 0 Å². The summed E-state index contributed by atoms with van der Waals surface area (Å²) in [5.41, 5.74) is 4.59. The van der Waals surface area contributed by atoms with E-state index in [0.29, 0.717) is 6.42 Å². The Labute approximate surface area is 194 Å². The maximum absolute atomic E-state index is 12.4. The van der Waals surface area contributed by atoms with Gasteiger partial charge in [0.05, 0.1) is 6.42 Å². The monoisotopic (exact) mass is 452 g/mol. The maximum atomic E-state index is 12.4. The van der Waals surface area contributed by atoms with Crippen molar-refractivity contribution in [2.24, 2.45) is 0 Å². The number of rotatable bonds is 11. The quantitative estimate of drug-likeness (QED) is 0.467. The molecule has 1 aliphatic carbocycles. The summed E-state index contributed by atoms with van der Waals surface area (Å²) < 4.78 is 5.52. The van der Waals surface area contributed by atoms with Crippen molar-refractivity contribution in [2.75, 3.05) is 6.61 Å². The molecule has 0 saturated carbocycles. The van der Waals surface area contributed by atoms with Crippen molar-refractivity contribution in [1.82, 2.24) is 10.6 Å². The van der Waals surface area contributed by atoms with Crippen molar-refractivity contribution in [1.29, 1.82) is 0 Å². The molecule has 2 aromatic carbocycles. The number of benzene rings is 2. The number of unbranched alkanes of at least 4 members (excludes halogenated alkanes) is 1. The molecule has 176 valence electrons. The molecule has 7 heteroatoms. The molecule has 3 rings (SSSR count). The Morgan fingerprint density at radius 2 is 1.58 bits per heavy atom. The van der Waals surface area contributed by atoms with E-state index >= 15 is 0 Å². The van der Waals surface area contributed by atoms with Gasteiger partial charge in [-0.2, -0.15) is 0 Å². The number of nitrogens with one attached hydrogen (secondary N) is 2. The molecular formula is C26H32N2O5. The average molecular weight is 453 g/mol. The fourth-order valence-electron chi connectivity index (χ4n) is 4.34. The number of carbonyl (C=O) groups excluding carboxylic acids is 2. The zero-order chi connectivity index (χ0) is 23.8. The predicted octanol–water partition coefficient (Wildman–Crippen LogP) is 4.45. The first kappa shape index (κ1) is 24.3. The van der Waals surface area contributed by atoms with Crippen LogP contribution in [0.4, 0.5) is 4.79 Å². The van der Waals surface area contributed by atoms with E-state index in [1.54, 1.807) is 6.92 Å². The first-order chi connectivity index (χ1) is 15.9. The normalized spacial score (nSPS) is 14.0. The Kier molecular flexibility index (Phi) is 8.46. The molecule has 2 amide bonds. The number of carboxylic acid groups (broad SMARTS) is 1. The second-order valence-corrected chi connectivity index (χ2v) is 8.58. The third-order valence-corrected chi connectivity index (χ3v) is 5.89. The minimum Gasteiger partial charge on any atom is -0.481 e. The number of carbonyl (C=O) groups is 3. The van der Waals surface area contributed by atoms with Crippen LogP contribution in [0.25, 0.3) is 11.1 Å². The fourth-order valence-corrected chi connectivity index (χ4v) is 4.34. The maximum Gasteiger partial charge on any atom is 0.407 e. The Hall–Kier alpha value is -3.35. The molecular weight excluding hydrogens is 420 g/mol. The average Bonchev–Trinajstić information content (AvgIpc) is 3.09. The van der Waals surface area contributed by atoms with Crippen molar-refractivity contribution in [2.45, 2.75) is 64.0 Å². The van der Waals surface area contributed by atoms with Crippen molar-refractivity contribution < 1.29 is 24.2 Å². The van der Waals surface area contributed by atoms with Crippen LogP contribution in [0.2, 0.25) is 0 Å². The Bertz CT molecular complexity index is 945. The highest BCUT2D eigenvalue weighted by Crippen LogP contribution is 2.44. The summed E-state index contributed by atoms with van der Waals surface area (Å²) >= 11 is 0. The van der Waals surface area contributed by atoms with Gasteiger partial charge in [0, 0.05) is 24.4 Å². The van der Waals surface area contributed by atoms with Gasteiger partial charge in [0.25, 0.3) is 0 Å². The lowest BCUT2D eigenvalue weighted by Crippen LogP contribution is -2.41. The summed E-state index contributed by atoms with van der Waals surface area (Å²) in [4.78, 5) is 35.7. The second kappa shape index (κ2) is 11.5. The topological polar surface area (TPSA) is 105 Å². The molecule has 1 aliphatic rings. The smallest absolute Gasteiger partial charge is 0.407 e. The highest BCUT2D eigenvalue weighted by atomic mass is 16.5. The molecule has 0 fully saturated rings. The molecule has 0 aromatic heterocycles. The van der Waals surface area contributed by atoms with Gasteiger partial charge in [-0.05, 0) is 35.6 Å². The summed E-state index contributed by atoms with van der Waals surface area (Å²) in [6, 6.07) is 15.4. The van der Waals surface area contributed by atoms with Gasteiger partial charge < -0.3 is 20.5 Å². The van der Waals surface area contributed by atoms with Crippen LogP contribution in [0.15, 0.2) is 48.5 Å². The van der Waals surface area contributed by atoms with E-state index in [2.05, 4.69) is 34.9 Å². The lowest BCUT2D eigenvalue weighted by molar-refractivity contribution is -0.137. The molecule has 7 nitrogen and oxygen atoms in total. The van der Waals surface area contributed by atoms with Crippen molar-refractivity contribution in [3.8, 4) is 11.1 Å². The van der Waals surface area contributed by atoms with E-state index in [0.717, 1.165) is 35.1 Å². The standard InChI is InChI=1S/C26H32N2O5/c1-3-4-9-18(15-25(30)31)28-24(29)14-17(2)27-26(32)33-16-23-21-12-7-5-10-19(21)20-11-6-8-13-22(20)23/h5-8,10-13,17-18,23H,3-4,9,14-16H2,1-2H3,(H,27,32)(H,28,29)(H,30,31)/t17-,18?/m1/s1. The van der Waals surface area contributed by atoms with Crippen LogP contribution in [0.3, 0.4) is 0 Å². The third kappa shape index (κ3) is 6.57. The van der Waals surface area contributed by atoms with Gasteiger partial charge in [0.15, 0.2) is 0 Å². The Balaban J connectivity index is 1.50. The summed E-state index contributed by atoms with van der Waals surface area (Å²) in [6.07, 6.45) is 1.73. The van der Waals surface area contributed by atoms with Gasteiger partial charge in [-0.25, -0.2) is 4.79 Å². The first-order valence-electron chi connectivity index (χ1n) is 11.5. The van der Waals surface area contributed by atoms with E-state index < -0.39 is 24.1 Å². The molecule has 0 bridgehead atoms. The third-order valence-electron chi connectivity index (χ3n) is 5.89. The van der Waals surface area contributed by atoms with E-state index in [4.69, 9.17) is 9.84 Å². The van der Waals surface area contributed by atoms with Gasteiger partial charge in [-0.3, -0.25) is 9.59 Å². The van der Waals surface area contributed by atoms with E-state index in [9.17, 15) is 14.4 Å².